The van der Waals surface area contributed by atoms with Gasteiger partial charge in [0.15, 0.2) is 5.82 Å². The highest BCUT2D eigenvalue weighted by Gasteiger charge is 2.31. The number of pyridine rings is 1. The maximum atomic E-state index is 9.87. The van der Waals surface area contributed by atoms with Crippen molar-refractivity contribution in [2.24, 2.45) is 0 Å². The van der Waals surface area contributed by atoms with Gasteiger partial charge < -0.3 is 15.1 Å². The first-order valence-electron chi connectivity index (χ1n) is 8.26. The molecule has 4 rings (SSSR count). The summed E-state index contributed by atoms with van der Waals surface area (Å²) in [7, 11) is 0. The van der Waals surface area contributed by atoms with E-state index in [1.54, 1.807) is 12.4 Å². The molecule has 2 N–H and O–H groups in total. The van der Waals surface area contributed by atoms with Crippen LogP contribution < -0.4 is 4.90 Å². The second kappa shape index (κ2) is 6.99. The van der Waals surface area contributed by atoms with Gasteiger partial charge in [-0.1, -0.05) is 23.7 Å². The van der Waals surface area contributed by atoms with Gasteiger partial charge in [0.05, 0.1) is 17.9 Å². The fourth-order valence-corrected chi connectivity index (χ4v) is 3.07. The lowest BCUT2D eigenvalue weighted by Gasteiger charge is -2.18. The molecule has 1 aliphatic heterocycles. The lowest BCUT2D eigenvalue weighted by atomic mass is 10.1. The van der Waals surface area contributed by atoms with Gasteiger partial charge in [-0.05, 0) is 24.3 Å². The highest BCUT2D eigenvalue weighted by atomic mass is 35.5. The summed E-state index contributed by atoms with van der Waals surface area (Å²) in [5.41, 5.74) is 2.44. The molecule has 132 valence electrons. The third kappa shape index (κ3) is 3.39. The van der Waals surface area contributed by atoms with E-state index in [9.17, 15) is 10.2 Å². The minimum absolute atomic E-state index is 0.324. The number of benzene rings is 1. The largest absolute Gasteiger partial charge is 0.389 e. The Morgan fingerprint density at radius 3 is 2.35 bits per heavy atom. The molecular formula is C19H17ClN4O2. The zero-order chi connectivity index (χ0) is 18.1. The average Bonchev–Trinajstić information content (AvgIpc) is 3.01. The molecule has 0 aliphatic carbocycles. The molecule has 1 aliphatic rings. The van der Waals surface area contributed by atoms with Crippen molar-refractivity contribution in [3.05, 3.63) is 59.9 Å². The molecule has 3 aromatic rings. The number of hydrogen-bond acceptors (Lipinski definition) is 6. The number of aliphatic hydroxyl groups is 2. The number of aromatic nitrogens is 3. The maximum absolute atomic E-state index is 9.87. The van der Waals surface area contributed by atoms with Crippen LogP contribution in [0, 0.1) is 0 Å². The van der Waals surface area contributed by atoms with Crippen LogP contribution in [0.4, 0.5) is 5.82 Å². The second-order valence-corrected chi connectivity index (χ2v) is 6.66. The summed E-state index contributed by atoms with van der Waals surface area (Å²) >= 11 is 5.99. The Hall–Kier alpha value is -2.54. The van der Waals surface area contributed by atoms with Gasteiger partial charge >= 0.3 is 0 Å². The van der Waals surface area contributed by atoms with Crippen molar-refractivity contribution in [2.45, 2.75) is 12.2 Å². The Morgan fingerprint density at radius 1 is 0.962 bits per heavy atom. The number of halogens is 1. The summed E-state index contributed by atoms with van der Waals surface area (Å²) < 4.78 is 0. The first-order chi connectivity index (χ1) is 12.6. The topological polar surface area (TPSA) is 82.4 Å². The van der Waals surface area contributed by atoms with E-state index in [0.29, 0.717) is 29.8 Å². The van der Waals surface area contributed by atoms with Crippen molar-refractivity contribution in [3.8, 4) is 22.6 Å². The molecule has 1 aromatic carbocycles. The summed E-state index contributed by atoms with van der Waals surface area (Å²) in [4.78, 5) is 15.3. The lowest BCUT2D eigenvalue weighted by molar-refractivity contribution is 0.0572. The predicted molar refractivity (Wildman–Crippen MR) is 99.9 cm³/mol. The van der Waals surface area contributed by atoms with Gasteiger partial charge in [0.2, 0.25) is 0 Å². The fourth-order valence-electron chi connectivity index (χ4n) is 2.95. The van der Waals surface area contributed by atoms with Crippen molar-refractivity contribution in [1.29, 1.82) is 0 Å². The Kier molecular flexibility index (Phi) is 4.55. The molecule has 0 unspecified atom stereocenters. The Balaban J connectivity index is 1.81. The smallest absolute Gasteiger partial charge is 0.163 e. The SMILES string of the molecule is O[C@@H]1CN(c2cc(-c3ccc(Cl)cc3)nc(-c3cccnc3)n2)C[C@@H]1O. The normalized spacial score (nSPS) is 19.7. The van der Waals surface area contributed by atoms with Crippen molar-refractivity contribution < 1.29 is 10.2 Å². The fraction of sp³-hybridized carbons (Fsp3) is 0.211. The van der Waals surface area contributed by atoms with E-state index in [2.05, 4.69) is 15.0 Å². The quantitative estimate of drug-likeness (QED) is 0.738. The summed E-state index contributed by atoms with van der Waals surface area (Å²) in [6.45, 7) is 0.648. The van der Waals surface area contributed by atoms with Crippen LogP contribution in [0.25, 0.3) is 22.6 Å². The number of anilines is 1. The predicted octanol–water partition coefficient (Wildman–Crippen LogP) is 2.40. The zero-order valence-electron chi connectivity index (χ0n) is 13.8. The molecule has 0 saturated carbocycles. The maximum Gasteiger partial charge on any atom is 0.163 e. The van der Waals surface area contributed by atoms with Crippen LogP contribution in [-0.4, -0.2) is 50.5 Å². The van der Waals surface area contributed by atoms with E-state index in [0.717, 1.165) is 16.8 Å². The Morgan fingerprint density at radius 2 is 1.69 bits per heavy atom. The number of hydrogen-bond donors (Lipinski definition) is 2. The Labute approximate surface area is 155 Å². The Bertz CT molecular complexity index is 895. The van der Waals surface area contributed by atoms with Crippen molar-refractivity contribution in [2.75, 3.05) is 18.0 Å². The second-order valence-electron chi connectivity index (χ2n) is 6.22. The first kappa shape index (κ1) is 16.9. The molecular weight excluding hydrogens is 352 g/mol. The summed E-state index contributed by atoms with van der Waals surface area (Å²) in [5.74, 6) is 1.19. The number of nitrogens with zero attached hydrogens (tertiary/aromatic N) is 4. The van der Waals surface area contributed by atoms with Crippen molar-refractivity contribution in [3.63, 3.8) is 0 Å². The highest BCUT2D eigenvalue weighted by Crippen LogP contribution is 2.28. The van der Waals surface area contributed by atoms with Gasteiger partial charge in [0.25, 0.3) is 0 Å². The first-order valence-corrected chi connectivity index (χ1v) is 8.64. The van der Waals surface area contributed by atoms with Crippen LogP contribution >= 0.6 is 11.6 Å². The highest BCUT2D eigenvalue weighted by molar-refractivity contribution is 6.30. The van der Waals surface area contributed by atoms with Gasteiger partial charge in [-0.2, -0.15) is 0 Å². The average molecular weight is 369 g/mol. The number of rotatable bonds is 3. The van der Waals surface area contributed by atoms with Gasteiger partial charge in [-0.15, -0.1) is 0 Å². The molecule has 7 heteroatoms. The van der Waals surface area contributed by atoms with Crippen LogP contribution in [0.1, 0.15) is 0 Å². The molecule has 2 aromatic heterocycles. The summed E-state index contributed by atoms with van der Waals surface area (Å²) in [6.07, 6.45) is 1.83. The van der Waals surface area contributed by atoms with Crippen LogP contribution in [0.15, 0.2) is 54.9 Å². The molecule has 1 saturated heterocycles. The third-order valence-corrected chi connectivity index (χ3v) is 4.61. The molecule has 0 bridgehead atoms. The van der Waals surface area contributed by atoms with E-state index in [1.165, 1.54) is 0 Å². The molecule has 2 atom stereocenters. The summed E-state index contributed by atoms with van der Waals surface area (Å²) in [5, 5.41) is 20.4. The number of aliphatic hydroxyl groups excluding tert-OH is 2. The van der Waals surface area contributed by atoms with E-state index in [-0.39, 0.29) is 0 Å². The van der Waals surface area contributed by atoms with Crippen molar-refractivity contribution >= 4 is 17.4 Å². The molecule has 0 amide bonds. The molecule has 3 heterocycles. The molecule has 6 nitrogen and oxygen atoms in total. The standard InChI is InChI=1S/C19H17ClN4O2/c20-14-5-3-12(4-6-14)15-8-18(24-10-16(25)17(26)11-24)23-19(22-15)13-2-1-7-21-9-13/h1-9,16-17,25-26H,10-11H2/t16-,17+. The van der Waals surface area contributed by atoms with Gasteiger partial charge in [0, 0.05) is 47.7 Å². The minimum Gasteiger partial charge on any atom is -0.389 e. The van der Waals surface area contributed by atoms with Crippen molar-refractivity contribution in [1.82, 2.24) is 15.0 Å². The molecule has 0 spiro atoms. The zero-order valence-corrected chi connectivity index (χ0v) is 14.6. The molecule has 26 heavy (non-hydrogen) atoms. The monoisotopic (exact) mass is 368 g/mol. The van der Waals surface area contributed by atoms with Gasteiger partial charge in [-0.3, -0.25) is 4.98 Å². The summed E-state index contributed by atoms with van der Waals surface area (Å²) in [6, 6.07) is 13.0. The van der Waals surface area contributed by atoms with Gasteiger partial charge in [-0.25, -0.2) is 9.97 Å². The molecule has 1 fully saturated rings. The van der Waals surface area contributed by atoms with Crippen LogP contribution in [0.3, 0.4) is 0 Å². The van der Waals surface area contributed by atoms with Crippen LogP contribution in [0.2, 0.25) is 5.02 Å². The van der Waals surface area contributed by atoms with E-state index in [1.807, 2.05) is 47.4 Å². The molecule has 0 radical (unpaired) electrons. The van der Waals surface area contributed by atoms with E-state index in [4.69, 9.17) is 11.6 Å². The van der Waals surface area contributed by atoms with E-state index < -0.39 is 12.2 Å². The van der Waals surface area contributed by atoms with Crippen LogP contribution in [-0.2, 0) is 0 Å². The number of β-amino-alcohol motifs (C(OH)–C–C–N with tert-alkyl or cyclic N) is 2. The minimum atomic E-state index is -0.786. The van der Waals surface area contributed by atoms with Gasteiger partial charge in [0.1, 0.15) is 5.82 Å². The van der Waals surface area contributed by atoms with E-state index >= 15 is 0 Å². The third-order valence-electron chi connectivity index (χ3n) is 4.36. The lowest BCUT2D eigenvalue weighted by Crippen LogP contribution is -2.22. The van der Waals surface area contributed by atoms with Crippen LogP contribution in [0.5, 0.6) is 0 Å².